The van der Waals surface area contributed by atoms with E-state index in [9.17, 15) is 8.78 Å². The number of alkyl halides is 2. The Labute approximate surface area is 212 Å². The molecule has 1 aliphatic carbocycles. The lowest BCUT2D eigenvalue weighted by Crippen LogP contribution is -2.21. The molecule has 34 heavy (non-hydrogen) atoms. The topological polar surface area (TPSA) is 35.2 Å². The summed E-state index contributed by atoms with van der Waals surface area (Å²) in [5.74, 6) is -2.14. The van der Waals surface area contributed by atoms with Gasteiger partial charge in [-0.3, -0.25) is 0 Å². The maximum absolute atomic E-state index is 13.6. The van der Waals surface area contributed by atoms with Crippen LogP contribution in [-0.2, 0) is 4.74 Å². The van der Waals surface area contributed by atoms with Crippen LogP contribution < -0.4 is 5.73 Å². The van der Waals surface area contributed by atoms with Gasteiger partial charge in [-0.15, -0.1) is 11.8 Å². The van der Waals surface area contributed by atoms with Crippen molar-refractivity contribution in [3.05, 3.63) is 47.1 Å². The lowest BCUT2D eigenvalue weighted by atomic mass is 9.88. The predicted octanol–water partition coefficient (Wildman–Crippen LogP) is 8.91. The molecule has 1 rings (SSSR count). The van der Waals surface area contributed by atoms with Crippen LogP contribution in [0.4, 0.5) is 8.78 Å². The van der Waals surface area contributed by atoms with Gasteiger partial charge in [0.2, 0.25) is 5.92 Å². The minimum absolute atomic E-state index is 0.255. The summed E-state index contributed by atoms with van der Waals surface area (Å²) < 4.78 is 32.8. The zero-order valence-corrected chi connectivity index (χ0v) is 23.2. The first-order valence-corrected chi connectivity index (χ1v) is 14.0. The molecule has 2 nitrogen and oxygen atoms in total. The molecule has 0 bridgehead atoms. The van der Waals surface area contributed by atoms with Crippen LogP contribution in [0.2, 0.25) is 0 Å². The molecule has 0 saturated carbocycles. The Hall–Kier alpha value is -1.07. The van der Waals surface area contributed by atoms with Gasteiger partial charge < -0.3 is 10.5 Å². The van der Waals surface area contributed by atoms with Crippen LogP contribution in [0.25, 0.3) is 0 Å². The fourth-order valence-electron chi connectivity index (χ4n) is 4.43. The SMILES string of the molecule is C=C1C(CCCC(C)C(C)(F)F)=CC(/C(=C/N)SC(C)CCC(C)COCC)CCC1/C=C\C. The fraction of sp³-hybridized carbons (Fsp3) is 0.724. The Kier molecular flexibility index (Phi) is 14.4. The van der Waals surface area contributed by atoms with Gasteiger partial charge in [0.1, 0.15) is 0 Å². The van der Waals surface area contributed by atoms with E-state index in [0.717, 1.165) is 64.2 Å². The molecule has 1 aliphatic rings. The Bertz CT molecular complexity index is 695. The Balaban J connectivity index is 2.88. The third kappa shape index (κ3) is 11.1. The minimum Gasteiger partial charge on any atom is -0.404 e. The quantitative estimate of drug-likeness (QED) is 0.229. The Morgan fingerprint density at radius 3 is 2.56 bits per heavy atom. The van der Waals surface area contributed by atoms with E-state index in [1.807, 2.05) is 25.6 Å². The molecule has 0 heterocycles. The van der Waals surface area contributed by atoms with Crippen LogP contribution in [0, 0.1) is 23.7 Å². The van der Waals surface area contributed by atoms with E-state index in [4.69, 9.17) is 10.5 Å². The summed E-state index contributed by atoms with van der Waals surface area (Å²) in [5.41, 5.74) is 8.49. The maximum Gasteiger partial charge on any atom is 0.247 e. The first kappa shape index (κ1) is 31.0. The van der Waals surface area contributed by atoms with Gasteiger partial charge in [0.25, 0.3) is 0 Å². The summed E-state index contributed by atoms with van der Waals surface area (Å²) in [6.07, 6.45) is 14.8. The van der Waals surface area contributed by atoms with Gasteiger partial charge in [0.05, 0.1) is 0 Å². The standard InChI is InChI=1S/C29H49F2NOS/c1-8-11-25-16-17-27(18-26(24(25)6)13-10-12-22(4)29(7,30)31)28(19-32)34-23(5)15-14-21(3)20-33-9-2/h8,11,18-19,21-23,25,27H,6,9-10,12-17,20,32H2,1-5,7H3/b11-8-,28-19-. The largest absolute Gasteiger partial charge is 0.404 e. The van der Waals surface area contributed by atoms with Crippen molar-refractivity contribution in [2.24, 2.45) is 29.4 Å². The molecule has 0 spiro atoms. The van der Waals surface area contributed by atoms with Crippen molar-refractivity contribution < 1.29 is 13.5 Å². The molecule has 0 aliphatic heterocycles. The number of ether oxygens (including phenoxy) is 1. The first-order valence-electron chi connectivity index (χ1n) is 13.1. The van der Waals surface area contributed by atoms with E-state index < -0.39 is 11.8 Å². The van der Waals surface area contributed by atoms with Crippen LogP contribution in [0.3, 0.4) is 0 Å². The second-order valence-corrected chi connectivity index (χ2v) is 11.6. The lowest BCUT2D eigenvalue weighted by molar-refractivity contribution is -0.0358. The van der Waals surface area contributed by atoms with Gasteiger partial charge in [0, 0.05) is 47.3 Å². The molecule has 0 saturated heterocycles. The average molecular weight is 498 g/mol. The lowest BCUT2D eigenvalue weighted by Gasteiger charge is -2.21. The average Bonchev–Trinajstić information content (AvgIpc) is 2.93. The van der Waals surface area contributed by atoms with Crippen molar-refractivity contribution in [1.29, 1.82) is 0 Å². The van der Waals surface area contributed by atoms with Crippen molar-refractivity contribution in [2.45, 2.75) is 97.7 Å². The molecule has 0 aromatic heterocycles. The number of rotatable bonds is 15. The highest BCUT2D eigenvalue weighted by Crippen LogP contribution is 2.41. The molecular weight excluding hydrogens is 448 g/mol. The molecule has 5 atom stereocenters. The molecule has 0 radical (unpaired) electrons. The van der Waals surface area contributed by atoms with Crippen molar-refractivity contribution in [3.63, 3.8) is 0 Å². The number of nitrogens with two attached hydrogens (primary N) is 1. The number of halogens is 2. The molecule has 5 unspecified atom stereocenters. The predicted molar refractivity (Wildman–Crippen MR) is 146 cm³/mol. The third-order valence-electron chi connectivity index (χ3n) is 6.96. The number of allylic oxidation sites excluding steroid dienone is 6. The van der Waals surface area contributed by atoms with Crippen LogP contribution in [0.1, 0.15) is 86.5 Å². The highest BCUT2D eigenvalue weighted by Gasteiger charge is 2.30. The summed E-state index contributed by atoms with van der Waals surface area (Å²) in [4.78, 5) is 1.21. The van der Waals surface area contributed by atoms with Crippen molar-refractivity contribution in [1.82, 2.24) is 0 Å². The monoisotopic (exact) mass is 497 g/mol. The van der Waals surface area contributed by atoms with Crippen molar-refractivity contribution in [2.75, 3.05) is 13.2 Å². The smallest absolute Gasteiger partial charge is 0.247 e. The third-order valence-corrected chi connectivity index (χ3v) is 8.31. The van der Waals surface area contributed by atoms with Gasteiger partial charge in [-0.2, -0.15) is 0 Å². The molecular formula is C29H49F2NOS. The van der Waals surface area contributed by atoms with Crippen LogP contribution in [0.5, 0.6) is 0 Å². The Morgan fingerprint density at radius 1 is 1.26 bits per heavy atom. The molecule has 5 heteroatoms. The van der Waals surface area contributed by atoms with Gasteiger partial charge in [-0.25, -0.2) is 8.78 Å². The van der Waals surface area contributed by atoms with Gasteiger partial charge in [-0.05, 0) is 82.8 Å². The maximum atomic E-state index is 13.6. The van der Waals surface area contributed by atoms with E-state index in [2.05, 4.69) is 38.7 Å². The molecule has 0 aromatic carbocycles. The van der Waals surface area contributed by atoms with E-state index in [1.165, 1.54) is 10.5 Å². The van der Waals surface area contributed by atoms with Crippen LogP contribution >= 0.6 is 11.8 Å². The van der Waals surface area contributed by atoms with E-state index in [-0.39, 0.29) is 5.92 Å². The summed E-state index contributed by atoms with van der Waals surface area (Å²) in [6, 6.07) is 0. The molecule has 0 fully saturated rings. The summed E-state index contributed by atoms with van der Waals surface area (Å²) in [7, 11) is 0. The van der Waals surface area contributed by atoms with Gasteiger partial charge in [-0.1, -0.05) is 45.6 Å². The summed E-state index contributed by atoms with van der Waals surface area (Å²) in [5, 5.41) is 0.473. The second-order valence-electron chi connectivity index (χ2n) is 10.1. The highest BCUT2D eigenvalue weighted by atomic mass is 32.2. The normalized spacial score (nSPS) is 23.0. The minimum atomic E-state index is -2.63. The molecule has 196 valence electrons. The molecule has 0 amide bonds. The van der Waals surface area contributed by atoms with Crippen molar-refractivity contribution >= 4 is 11.8 Å². The van der Waals surface area contributed by atoms with E-state index in [0.29, 0.717) is 23.5 Å². The highest BCUT2D eigenvalue weighted by molar-refractivity contribution is 8.03. The number of hydrogen-bond donors (Lipinski definition) is 1. The summed E-state index contributed by atoms with van der Waals surface area (Å²) in [6.45, 7) is 17.3. The molecule has 0 aromatic rings. The van der Waals surface area contributed by atoms with Gasteiger partial charge >= 0.3 is 0 Å². The van der Waals surface area contributed by atoms with Gasteiger partial charge in [0.15, 0.2) is 0 Å². The molecule has 2 N–H and O–H groups in total. The first-order chi connectivity index (χ1) is 16.0. The van der Waals surface area contributed by atoms with Crippen LogP contribution in [0.15, 0.2) is 47.1 Å². The van der Waals surface area contributed by atoms with E-state index >= 15 is 0 Å². The summed E-state index contributed by atoms with van der Waals surface area (Å²) >= 11 is 1.88. The number of hydrogen-bond acceptors (Lipinski definition) is 3. The number of thioether (sulfide) groups is 1. The fourth-order valence-corrected chi connectivity index (χ4v) is 5.59. The van der Waals surface area contributed by atoms with Crippen LogP contribution in [-0.4, -0.2) is 24.4 Å². The zero-order valence-electron chi connectivity index (χ0n) is 22.4. The Morgan fingerprint density at radius 2 is 1.97 bits per heavy atom. The second kappa shape index (κ2) is 15.8. The zero-order chi connectivity index (χ0) is 25.7. The van der Waals surface area contributed by atoms with E-state index in [1.54, 1.807) is 13.1 Å². The van der Waals surface area contributed by atoms with Crippen molar-refractivity contribution in [3.8, 4) is 0 Å².